The van der Waals surface area contributed by atoms with Crippen LogP contribution in [-0.4, -0.2) is 11.7 Å². The minimum absolute atomic E-state index is 0.107. The molecule has 1 N–H and O–H groups in total. The fraction of sp³-hybridized carbons (Fsp3) is 0.0909. The average molecular weight is 426 g/mol. The highest BCUT2D eigenvalue weighted by molar-refractivity contribution is 9.10. The van der Waals surface area contributed by atoms with E-state index in [1.807, 2.05) is 6.07 Å². The number of amides is 1. The molecule has 0 aliphatic carbocycles. The summed E-state index contributed by atoms with van der Waals surface area (Å²) in [5.41, 5.74) is 1.90. The van der Waals surface area contributed by atoms with E-state index in [-0.39, 0.29) is 17.4 Å². The number of carbonyl (C=O) groups excluding carboxylic acids is 2. The van der Waals surface area contributed by atoms with Gasteiger partial charge in [-0.05, 0) is 36.8 Å². The molecule has 0 unspecified atom stereocenters. The first kappa shape index (κ1) is 19.0. The number of halogens is 2. The summed E-state index contributed by atoms with van der Waals surface area (Å²) in [4.78, 5) is 25.1. The number of hydrogen-bond acceptors (Lipinski definition) is 2. The van der Waals surface area contributed by atoms with Crippen LogP contribution < -0.4 is 5.32 Å². The standard InChI is InChI=1S/C22H17BrFNO2/c1-14(22(27)25-20-11-10-18(23)13-19(20)24)16-8-5-9-17(12-16)21(26)15-6-3-2-4-7-15/h2-14H,1H3,(H,25,27)/t14-/m0/s1. The molecule has 3 aromatic rings. The predicted octanol–water partition coefficient (Wildman–Crippen LogP) is 5.56. The van der Waals surface area contributed by atoms with Crippen LogP contribution in [-0.2, 0) is 4.79 Å². The SMILES string of the molecule is C[C@H](C(=O)Nc1ccc(Br)cc1F)c1cccc(C(=O)c2ccccc2)c1. The van der Waals surface area contributed by atoms with E-state index in [4.69, 9.17) is 0 Å². The summed E-state index contributed by atoms with van der Waals surface area (Å²) in [6.45, 7) is 1.72. The van der Waals surface area contributed by atoms with E-state index in [0.29, 0.717) is 21.2 Å². The highest BCUT2D eigenvalue weighted by Crippen LogP contribution is 2.23. The van der Waals surface area contributed by atoms with E-state index in [0.717, 1.165) is 0 Å². The van der Waals surface area contributed by atoms with Gasteiger partial charge in [-0.2, -0.15) is 0 Å². The van der Waals surface area contributed by atoms with Gasteiger partial charge in [0.15, 0.2) is 5.78 Å². The summed E-state index contributed by atoms with van der Waals surface area (Å²) in [6, 6.07) is 20.4. The third-order valence-electron chi connectivity index (χ3n) is 4.27. The number of hydrogen-bond donors (Lipinski definition) is 1. The molecule has 27 heavy (non-hydrogen) atoms. The molecule has 0 saturated carbocycles. The number of rotatable bonds is 5. The molecule has 0 aliphatic rings. The van der Waals surface area contributed by atoms with Crippen LogP contribution in [0.4, 0.5) is 10.1 Å². The number of nitrogens with one attached hydrogen (secondary N) is 1. The Morgan fingerprint density at radius 3 is 2.33 bits per heavy atom. The molecule has 0 fully saturated rings. The first-order chi connectivity index (χ1) is 13.0. The number of carbonyl (C=O) groups is 2. The van der Waals surface area contributed by atoms with Crippen molar-refractivity contribution in [1.29, 1.82) is 0 Å². The van der Waals surface area contributed by atoms with Crippen molar-refractivity contribution in [2.75, 3.05) is 5.32 Å². The minimum Gasteiger partial charge on any atom is -0.323 e. The lowest BCUT2D eigenvalue weighted by molar-refractivity contribution is -0.117. The zero-order valence-electron chi connectivity index (χ0n) is 14.6. The topological polar surface area (TPSA) is 46.2 Å². The molecule has 0 aromatic heterocycles. The van der Waals surface area contributed by atoms with E-state index < -0.39 is 11.7 Å². The van der Waals surface area contributed by atoms with Crippen LogP contribution in [0.2, 0.25) is 0 Å². The van der Waals surface area contributed by atoms with E-state index in [1.165, 1.54) is 12.1 Å². The summed E-state index contributed by atoms with van der Waals surface area (Å²) in [5.74, 6) is -1.51. The van der Waals surface area contributed by atoms with Gasteiger partial charge >= 0.3 is 0 Å². The maximum atomic E-state index is 13.9. The summed E-state index contributed by atoms with van der Waals surface area (Å²) in [7, 11) is 0. The molecule has 0 spiro atoms. The van der Waals surface area contributed by atoms with E-state index in [1.54, 1.807) is 61.5 Å². The molecular weight excluding hydrogens is 409 g/mol. The highest BCUT2D eigenvalue weighted by Gasteiger charge is 2.18. The van der Waals surface area contributed by atoms with Gasteiger partial charge < -0.3 is 5.32 Å². The van der Waals surface area contributed by atoms with Crippen LogP contribution in [0.3, 0.4) is 0 Å². The molecule has 1 atom stereocenters. The fourth-order valence-electron chi connectivity index (χ4n) is 2.69. The van der Waals surface area contributed by atoms with Gasteiger partial charge in [0.1, 0.15) is 5.82 Å². The van der Waals surface area contributed by atoms with E-state index in [2.05, 4.69) is 21.2 Å². The molecule has 5 heteroatoms. The highest BCUT2D eigenvalue weighted by atomic mass is 79.9. The van der Waals surface area contributed by atoms with Gasteiger partial charge in [0, 0.05) is 15.6 Å². The molecule has 136 valence electrons. The Kier molecular flexibility index (Phi) is 5.81. The zero-order chi connectivity index (χ0) is 19.4. The second-order valence-corrected chi connectivity index (χ2v) is 7.07. The van der Waals surface area contributed by atoms with Crippen LogP contribution in [0.25, 0.3) is 0 Å². The maximum absolute atomic E-state index is 13.9. The Bertz CT molecular complexity index is 989. The first-order valence-corrected chi connectivity index (χ1v) is 9.20. The molecule has 0 heterocycles. The smallest absolute Gasteiger partial charge is 0.231 e. The van der Waals surface area contributed by atoms with E-state index in [9.17, 15) is 14.0 Å². The normalized spacial score (nSPS) is 11.7. The van der Waals surface area contributed by atoms with Crippen molar-refractivity contribution in [2.45, 2.75) is 12.8 Å². The van der Waals surface area contributed by atoms with Crippen molar-refractivity contribution in [2.24, 2.45) is 0 Å². The van der Waals surface area contributed by atoms with Crippen LogP contribution in [0, 0.1) is 5.82 Å². The van der Waals surface area contributed by atoms with Crippen molar-refractivity contribution < 1.29 is 14.0 Å². The van der Waals surface area contributed by atoms with Crippen molar-refractivity contribution in [1.82, 2.24) is 0 Å². The molecule has 1 amide bonds. The molecule has 3 rings (SSSR count). The summed E-state index contributed by atoms with van der Waals surface area (Å²) in [6.07, 6.45) is 0. The Labute approximate surface area is 165 Å². The maximum Gasteiger partial charge on any atom is 0.231 e. The molecule has 0 radical (unpaired) electrons. The van der Waals surface area contributed by atoms with Crippen molar-refractivity contribution in [3.05, 3.63) is 99.8 Å². The van der Waals surface area contributed by atoms with Crippen LogP contribution >= 0.6 is 15.9 Å². The molecule has 3 nitrogen and oxygen atoms in total. The number of benzene rings is 3. The quantitative estimate of drug-likeness (QED) is 0.543. The van der Waals surface area contributed by atoms with Crippen molar-refractivity contribution in [3.63, 3.8) is 0 Å². The number of ketones is 1. The van der Waals surface area contributed by atoms with Crippen molar-refractivity contribution in [3.8, 4) is 0 Å². The first-order valence-electron chi connectivity index (χ1n) is 8.41. The number of anilines is 1. The van der Waals surface area contributed by atoms with Gasteiger partial charge in [-0.25, -0.2) is 4.39 Å². The van der Waals surface area contributed by atoms with Gasteiger partial charge in [0.2, 0.25) is 5.91 Å². The lowest BCUT2D eigenvalue weighted by Crippen LogP contribution is -2.20. The Morgan fingerprint density at radius 1 is 0.926 bits per heavy atom. The van der Waals surface area contributed by atoms with Crippen LogP contribution in [0.5, 0.6) is 0 Å². The largest absolute Gasteiger partial charge is 0.323 e. The second kappa shape index (κ2) is 8.27. The Hall–Kier alpha value is -2.79. The Morgan fingerprint density at radius 2 is 1.63 bits per heavy atom. The van der Waals surface area contributed by atoms with Gasteiger partial charge in [0.05, 0.1) is 11.6 Å². The summed E-state index contributed by atoms with van der Waals surface area (Å²) >= 11 is 3.18. The second-order valence-electron chi connectivity index (χ2n) is 6.16. The molecule has 0 saturated heterocycles. The van der Waals surface area contributed by atoms with Gasteiger partial charge in [-0.1, -0.05) is 64.5 Å². The lowest BCUT2D eigenvalue weighted by atomic mass is 9.95. The summed E-state index contributed by atoms with van der Waals surface area (Å²) < 4.78 is 14.5. The van der Waals surface area contributed by atoms with Gasteiger partial charge in [-0.15, -0.1) is 0 Å². The fourth-order valence-corrected chi connectivity index (χ4v) is 3.02. The molecular formula is C22H17BrFNO2. The average Bonchev–Trinajstić information content (AvgIpc) is 2.69. The van der Waals surface area contributed by atoms with Gasteiger partial charge in [-0.3, -0.25) is 9.59 Å². The van der Waals surface area contributed by atoms with Crippen LogP contribution in [0.1, 0.15) is 34.3 Å². The van der Waals surface area contributed by atoms with E-state index >= 15 is 0 Å². The summed E-state index contributed by atoms with van der Waals surface area (Å²) in [5, 5.41) is 2.60. The predicted molar refractivity (Wildman–Crippen MR) is 107 cm³/mol. The third kappa shape index (κ3) is 4.49. The third-order valence-corrected chi connectivity index (χ3v) is 4.76. The minimum atomic E-state index is -0.545. The molecule has 3 aromatic carbocycles. The Balaban J connectivity index is 1.79. The molecule has 0 aliphatic heterocycles. The zero-order valence-corrected chi connectivity index (χ0v) is 16.2. The lowest BCUT2D eigenvalue weighted by Gasteiger charge is -2.14. The monoisotopic (exact) mass is 425 g/mol. The van der Waals surface area contributed by atoms with Crippen molar-refractivity contribution >= 4 is 33.3 Å². The van der Waals surface area contributed by atoms with Gasteiger partial charge in [0.25, 0.3) is 0 Å². The molecule has 0 bridgehead atoms. The van der Waals surface area contributed by atoms with Crippen LogP contribution in [0.15, 0.2) is 77.3 Å².